The van der Waals surface area contributed by atoms with Crippen molar-refractivity contribution in [3.05, 3.63) is 28.5 Å². The normalized spacial score (nSPS) is 14.1. The van der Waals surface area contributed by atoms with Crippen LogP contribution in [0.4, 0.5) is 0 Å². The van der Waals surface area contributed by atoms with E-state index in [1.165, 1.54) is 6.20 Å². The van der Waals surface area contributed by atoms with E-state index in [4.69, 9.17) is 11.6 Å². The second-order valence-corrected chi connectivity index (χ2v) is 6.03. The molecule has 2 unspecified atom stereocenters. The van der Waals surface area contributed by atoms with Gasteiger partial charge in [-0.3, -0.25) is 14.0 Å². The fraction of sp³-hybridized carbons (Fsp3) is 0.455. The molecule has 0 aromatic carbocycles. The molecule has 0 aliphatic rings. The third-order valence-electron chi connectivity index (χ3n) is 2.35. The van der Waals surface area contributed by atoms with Crippen molar-refractivity contribution in [1.29, 1.82) is 0 Å². The molecule has 1 aromatic heterocycles. The molecule has 0 aliphatic heterocycles. The van der Waals surface area contributed by atoms with Crippen molar-refractivity contribution in [2.75, 3.05) is 12.8 Å². The number of pyridine rings is 1. The summed E-state index contributed by atoms with van der Waals surface area (Å²) in [5.74, 6) is -0.292. The second kappa shape index (κ2) is 6.12. The van der Waals surface area contributed by atoms with Crippen molar-refractivity contribution in [3.63, 3.8) is 0 Å². The van der Waals surface area contributed by atoms with Crippen LogP contribution in [0.5, 0.6) is 0 Å². The minimum Gasteiger partial charge on any atom is -0.351 e. The van der Waals surface area contributed by atoms with Gasteiger partial charge in [0.15, 0.2) is 0 Å². The molecule has 94 valence electrons. The summed E-state index contributed by atoms with van der Waals surface area (Å²) in [6.45, 7) is 3.97. The molecular formula is C11H15ClN2O2S. The minimum absolute atomic E-state index is 0.0869. The molecule has 0 saturated carbocycles. The number of hydrogen-bond acceptors (Lipinski definition) is 3. The average Bonchev–Trinajstić information content (AvgIpc) is 2.25. The number of nitrogens with zero attached hydrogens (tertiary/aromatic N) is 1. The van der Waals surface area contributed by atoms with Crippen molar-refractivity contribution in [1.82, 2.24) is 10.3 Å². The quantitative estimate of drug-likeness (QED) is 0.906. The molecule has 1 amide bonds. The lowest BCUT2D eigenvalue weighted by molar-refractivity contribution is 0.0954. The van der Waals surface area contributed by atoms with Crippen molar-refractivity contribution in [3.8, 4) is 0 Å². The van der Waals surface area contributed by atoms with E-state index in [1.807, 2.05) is 6.92 Å². The monoisotopic (exact) mass is 274 g/mol. The van der Waals surface area contributed by atoms with Crippen molar-refractivity contribution < 1.29 is 9.00 Å². The van der Waals surface area contributed by atoms with E-state index in [1.54, 1.807) is 19.2 Å². The molecule has 0 fully saturated rings. The first-order valence-electron chi connectivity index (χ1n) is 5.14. The predicted molar refractivity (Wildman–Crippen MR) is 69.8 cm³/mol. The fourth-order valence-electron chi connectivity index (χ4n) is 1.14. The van der Waals surface area contributed by atoms with Crippen LogP contribution in [-0.4, -0.2) is 33.2 Å². The Hall–Kier alpha value is -0.940. The molecule has 0 aliphatic carbocycles. The van der Waals surface area contributed by atoms with Crippen LogP contribution in [0.15, 0.2) is 12.3 Å². The number of carbonyl (C=O) groups is 1. The highest BCUT2D eigenvalue weighted by Crippen LogP contribution is 2.15. The smallest absolute Gasteiger partial charge is 0.254 e. The van der Waals surface area contributed by atoms with Crippen LogP contribution < -0.4 is 5.32 Å². The number of hydrogen-bond donors (Lipinski definition) is 1. The number of carbonyl (C=O) groups excluding carboxylic acids is 1. The molecule has 1 aromatic rings. The summed E-state index contributed by atoms with van der Waals surface area (Å²) in [6, 6.07) is 1.64. The lowest BCUT2D eigenvalue weighted by atomic mass is 10.2. The zero-order chi connectivity index (χ0) is 13.0. The Morgan fingerprint density at radius 2 is 2.29 bits per heavy atom. The van der Waals surface area contributed by atoms with Crippen LogP contribution in [0.3, 0.4) is 0 Å². The fourth-order valence-corrected chi connectivity index (χ4v) is 1.75. The van der Waals surface area contributed by atoms with Gasteiger partial charge in [-0.05, 0) is 19.9 Å². The summed E-state index contributed by atoms with van der Waals surface area (Å²) in [5.41, 5.74) is 1.10. The Morgan fingerprint density at radius 1 is 1.65 bits per heavy atom. The summed E-state index contributed by atoms with van der Waals surface area (Å²) in [6.07, 6.45) is 3.05. The molecule has 0 radical (unpaired) electrons. The minimum atomic E-state index is -0.955. The van der Waals surface area contributed by atoms with E-state index in [0.29, 0.717) is 17.1 Å². The highest BCUT2D eigenvalue weighted by atomic mass is 35.5. The van der Waals surface area contributed by atoms with Gasteiger partial charge >= 0.3 is 0 Å². The van der Waals surface area contributed by atoms with Gasteiger partial charge in [-0.25, -0.2) is 0 Å². The highest BCUT2D eigenvalue weighted by Gasteiger charge is 2.13. The summed E-state index contributed by atoms with van der Waals surface area (Å²) in [4.78, 5) is 15.8. The summed E-state index contributed by atoms with van der Waals surface area (Å²) in [5, 5.41) is 2.97. The van der Waals surface area contributed by atoms with Gasteiger partial charge in [0.05, 0.1) is 10.6 Å². The number of aryl methyl sites for hydroxylation is 1. The lowest BCUT2D eigenvalue weighted by Gasteiger charge is -2.10. The first-order valence-corrected chi connectivity index (χ1v) is 7.14. The maximum Gasteiger partial charge on any atom is 0.254 e. The van der Waals surface area contributed by atoms with E-state index in [0.717, 1.165) is 5.69 Å². The maximum atomic E-state index is 11.8. The second-order valence-electron chi connectivity index (χ2n) is 3.82. The largest absolute Gasteiger partial charge is 0.351 e. The van der Waals surface area contributed by atoms with Crippen LogP contribution in [0.2, 0.25) is 5.02 Å². The van der Waals surface area contributed by atoms with Crippen LogP contribution in [0.1, 0.15) is 23.0 Å². The molecule has 1 heterocycles. The van der Waals surface area contributed by atoms with Gasteiger partial charge in [-0.15, -0.1) is 0 Å². The average molecular weight is 275 g/mol. The molecule has 2 atom stereocenters. The zero-order valence-corrected chi connectivity index (χ0v) is 11.6. The third kappa shape index (κ3) is 4.09. The Labute approximate surface area is 108 Å². The van der Waals surface area contributed by atoms with Crippen molar-refractivity contribution in [2.45, 2.75) is 19.1 Å². The summed E-state index contributed by atoms with van der Waals surface area (Å²) >= 11 is 5.94. The standard InChI is InChI=1S/C11H15ClN2O2S/c1-7-4-10(12)9(6-13-7)11(15)14-5-8(2)17(3)16/h4,6,8H,5H2,1-3H3,(H,14,15). The first-order chi connectivity index (χ1) is 7.91. The molecule has 0 spiro atoms. The predicted octanol–water partition coefficient (Wildman–Crippen LogP) is 1.54. The van der Waals surface area contributed by atoms with Crippen LogP contribution in [-0.2, 0) is 10.8 Å². The molecule has 17 heavy (non-hydrogen) atoms. The summed E-state index contributed by atoms with van der Waals surface area (Å²) in [7, 11) is -0.955. The maximum absolute atomic E-state index is 11.8. The van der Waals surface area contributed by atoms with Crippen LogP contribution >= 0.6 is 11.6 Å². The lowest BCUT2D eigenvalue weighted by Crippen LogP contribution is -2.32. The van der Waals surface area contributed by atoms with Gasteiger partial charge in [-0.2, -0.15) is 0 Å². The molecule has 0 bridgehead atoms. The van der Waals surface area contributed by atoms with Crippen molar-refractivity contribution >= 4 is 28.3 Å². The Bertz CT molecular complexity index is 451. The Morgan fingerprint density at radius 3 is 2.82 bits per heavy atom. The summed E-state index contributed by atoms with van der Waals surface area (Å²) < 4.78 is 11.1. The number of rotatable bonds is 4. The molecule has 0 saturated heterocycles. The van der Waals surface area contributed by atoms with Gasteiger partial charge in [0.25, 0.3) is 5.91 Å². The van der Waals surface area contributed by atoms with Gasteiger partial charge in [0.1, 0.15) is 0 Å². The topological polar surface area (TPSA) is 59.1 Å². The van der Waals surface area contributed by atoms with Gasteiger partial charge in [0.2, 0.25) is 0 Å². The number of amides is 1. The highest BCUT2D eigenvalue weighted by molar-refractivity contribution is 7.84. The Balaban J connectivity index is 2.67. The Kier molecular flexibility index (Phi) is 5.08. The molecule has 1 N–H and O–H groups in total. The van der Waals surface area contributed by atoms with Crippen LogP contribution in [0.25, 0.3) is 0 Å². The van der Waals surface area contributed by atoms with Crippen LogP contribution in [0, 0.1) is 6.92 Å². The molecular weight excluding hydrogens is 260 g/mol. The molecule has 6 heteroatoms. The SMILES string of the molecule is Cc1cc(Cl)c(C(=O)NCC(C)S(C)=O)cn1. The van der Waals surface area contributed by atoms with E-state index in [9.17, 15) is 9.00 Å². The van der Waals surface area contributed by atoms with E-state index in [-0.39, 0.29) is 11.2 Å². The molecule has 1 rings (SSSR count). The van der Waals surface area contributed by atoms with Gasteiger partial charge < -0.3 is 5.32 Å². The van der Waals surface area contributed by atoms with Gasteiger partial charge in [0, 0.05) is 40.7 Å². The van der Waals surface area contributed by atoms with Crippen molar-refractivity contribution in [2.24, 2.45) is 0 Å². The molecule has 4 nitrogen and oxygen atoms in total. The van der Waals surface area contributed by atoms with E-state index >= 15 is 0 Å². The third-order valence-corrected chi connectivity index (χ3v) is 3.96. The van der Waals surface area contributed by atoms with E-state index in [2.05, 4.69) is 10.3 Å². The van der Waals surface area contributed by atoms with Gasteiger partial charge in [-0.1, -0.05) is 11.6 Å². The first kappa shape index (κ1) is 14.1. The zero-order valence-electron chi connectivity index (χ0n) is 9.99. The number of nitrogens with one attached hydrogen (secondary N) is 1. The number of aromatic nitrogens is 1. The number of halogens is 1. The van der Waals surface area contributed by atoms with E-state index < -0.39 is 10.8 Å².